The highest BCUT2D eigenvalue weighted by Crippen LogP contribution is 2.18. The zero-order valence-electron chi connectivity index (χ0n) is 6.86. The van der Waals surface area contributed by atoms with E-state index in [1.165, 1.54) is 4.90 Å². The Balaban J connectivity index is 2.55. The lowest BCUT2D eigenvalue weighted by Crippen LogP contribution is -2.42. The fourth-order valence-electron chi connectivity index (χ4n) is 1.57. The van der Waals surface area contributed by atoms with Gasteiger partial charge < -0.3 is 10.0 Å². The molecular formula is C8H12N2O2. The number of likely N-dealkylation sites (tertiary alicyclic amines) is 1. The van der Waals surface area contributed by atoms with Crippen LogP contribution >= 0.6 is 0 Å². The summed E-state index contributed by atoms with van der Waals surface area (Å²) in [6, 6.07) is 1.95. The average molecular weight is 168 g/mol. The van der Waals surface area contributed by atoms with Crippen molar-refractivity contribution in [3.8, 4) is 6.07 Å². The summed E-state index contributed by atoms with van der Waals surface area (Å²) < 4.78 is 0. The first-order valence-electron chi connectivity index (χ1n) is 4.12. The minimum absolute atomic E-state index is 0.0683. The normalized spacial score (nSPS) is 23.2. The van der Waals surface area contributed by atoms with Gasteiger partial charge in [0.2, 0.25) is 0 Å². The molecule has 1 rings (SSSR count). The lowest BCUT2D eigenvalue weighted by atomic mass is 10.0. The van der Waals surface area contributed by atoms with E-state index < -0.39 is 6.09 Å². The van der Waals surface area contributed by atoms with E-state index in [0.717, 1.165) is 19.3 Å². The van der Waals surface area contributed by atoms with Crippen molar-refractivity contribution < 1.29 is 9.90 Å². The van der Waals surface area contributed by atoms with Gasteiger partial charge >= 0.3 is 6.09 Å². The van der Waals surface area contributed by atoms with E-state index in [1.807, 2.05) is 6.07 Å². The molecule has 1 atom stereocenters. The number of nitriles is 1. The summed E-state index contributed by atoms with van der Waals surface area (Å²) in [7, 11) is 0. The Morgan fingerprint density at radius 2 is 2.42 bits per heavy atom. The minimum Gasteiger partial charge on any atom is -0.465 e. The first kappa shape index (κ1) is 8.85. The van der Waals surface area contributed by atoms with E-state index in [9.17, 15) is 4.79 Å². The van der Waals surface area contributed by atoms with Gasteiger partial charge in [0.15, 0.2) is 0 Å². The van der Waals surface area contributed by atoms with E-state index in [2.05, 4.69) is 0 Å². The molecule has 4 nitrogen and oxygen atoms in total. The lowest BCUT2D eigenvalue weighted by molar-refractivity contribution is 0.108. The van der Waals surface area contributed by atoms with Crippen molar-refractivity contribution in [2.24, 2.45) is 0 Å². The number of hydrogen-bond acceptors (Lipinski definition) is 2. The molecule has 1 saturated heterocycles. The van der Waals surface area contributed by atoms with Crippen LogP contribution in [0.3, 0.4) is 0 Å². The Kier molecular flexibility index (Phi) is 2.92. The van der Waals surface area contributed by atoms with Gasteiger partial charge in [-0.05, 0) is 19.3 Å². The molecule has 66 valence electrons. The molecule has 0 spiro atoms. The zero-order valence-corrected chi connectivity index (χ0v) is 6.86. The Bertz CT molecular complexity index is 210. The van der Waals surface area contributed by atoms with Crippen molar-refractivity contribution in [3.63, 3.8) is 0 Å². The highest BCUT2D eigenvalue weighted by Gasteiger charge is 2.25. The Hall–Kier alpha value is -1.24. The van der Waals surface area contributed by atoms with Crippen LogP contribution < -0.4 is 0 Å². The molecule has 0 aromatic rings. The van der Waals surface area contributed by atoms with E-state index in [1.54, 1.807) is 0 Å². The zero-order chi connectivity index (χ0) is 8.97. The van der Waals surface area contributed by atoms with Crippen LogP contribution in [0.15, 0.2) is 0 Å². The number of piperidine rings is 1. The Morgan fingerprint density at radius 3 is 3.00 bits per heavy atom. The number of nitrogens with zero attached hydrogens (tertiary/aromatic N) is 2. The molecule has 1 N–H and O–H groups in total. The van der Waals surface area contributed by atoms with E-state index in [0.29, 0.717) is 13.0 Å². The summed E-state index contributed by atoms with van der Waals surface area (Å²) in [5, 5.41) is 17.2. The lowest BCUT2D eigenvalue weighted by Gasteiger charge is -2.31. The fraction of sp³-hybridized carbons (Fsp3) is 0.750. The van der Waals surface area contributed by atoms with Gasteiger partial charge in [0, 0.05) is 12.6 Å². The van der Waals surface area contributed by atoms with E-state index >= 15 is 0 Å². The highest BCUT2D eigenvalue weighted by atomic mass is 16.4. The first-order valence-corrected chi connectivity index (χ1v) is 4.12. The maximum Gasteiger partial charge on any atom is 0.407 e. The molecule has 12 heavy (non-hydrogen) atoms. The van der Waals surface area contributed by atoms with Crippen molar-refractivity contribution in [1.82, 2.24) is 4.90 Å². The number of amides is 1. The van der Waals surface area contributed by atoms with Crippen molar-refractivity contribution in [2.75, 3.05) is 6.54 Å². The van der Waals surface area contributed by atoms with Gasteiger partial charge in [-0.2, -0.15) is 5.26 Å². The summed E-state index contributed by atoms with van der Waals surface area (Å²) in [5.41, 5.74) is 0. The Labute approximate surface area is 71.4 Å². The van der Waals surface area contributed by atoms with Crippen LogP contribution in [-0.4, -0.2) is 28.7 Å². The van der Waals surface area contributed by atoms with Crippen LogP contribution in [0.25, 0.3) is 0 Å². The molecule has 0 unspecified atom stereocenters. The maximum absolute atomic E-state index is 10.7. The van der Waals surface area contributed by atoms with E-state index in [-0.39, 0.29) is 6.04 Å². The second-order valence-corrected chi connectivity index (χ2v) is 2.99. The van der Waals surface area contributed by atoms with Crippen LogP contribution in [0.5, 0.6) is 0 Å². The number of carboxylic acid groups (broad SMARTS) is 1. The minimum atomic E-state index is -0.894. The summed E-state index contributed by atoms with van der Waals surface area (Å²) in [6.45, 7) is 0.585. The molecule has 0 bridgehead atoms. The molecule has 1 amide bonds. The SMILES string of the molecule is N#CC[C@H]1CCCCN1C(=O)O. The standard InChI is InChI=1S/C8H12N2O2/c9-5-4-7-3-1-2-6-10(7)8(11)12/h7H,1-4,6H2,(H,11,12)/t7-/m1/s1. The van der Waals surface area contributed by atoms with Gasteiger partial charge in [-0.3, -0.25) is 0 Å². The second kappa shape index (κ2) is 3.96. The van der Waals surface area contributed by atoms with Crippen molar-refractivity contribution in [1.29, 1.82) is 5.26 Å². The summed E-state index contributed by atoms with van der Waals surface area (Å²) in [5.74, 6) is 0. The second-order valence-electron chi connectivity index (χ2n) is 2.99. The summed E-state index contributed by atoms with van der Waals surface area (Å²) in [6.07, 6.45) is 2.23. The largest absolute Gasteiger partial charge is 0.465 e. The third-order valence-electron chi connectivity index (χ3n) is 2.20. The van der Waals surface area contributed by atoms with Gasteiger partial charge in [0.05, 0.1) is 12.5 Å². The third kappa shape index (κ3) is 1.88. The van der Waals surface area contributed by atoms with Crippen LogP contribution in [0.2, 0.25) is 0 Å². The first-order chi connectivity index (χ1) is 5.75. The van der Waals surface area contributed by atoms with Gasteiger partial charge in [0.1, 0.15) is 0 Å². The third-order valence-corrected chi connectivity index (χ3v) is 2.20. The molecule has 1 aliphatic rings. The molecule has 0 aromatic carbocycles. The molecule has 1 heterocycles. The number of rotatable bonds is 1. The van der Waals surface area contributed by atoms with Gasteiger partial charge in [0.25, 0.3) is 0 Å². The molecule has 0 saturated carbocycles. The number of carbonyl (C=O) groups is 1. The van der Waals surface area contributed by atoms with Crippen molar-refractivity contribution in [3.05, 3.63) is 0 Å². The fourth-order valence-corrected chi connectivity index (χ4v) is 1.57. The Morgan fingerprint density at radius 1 is 1.67 bits per heavy atom. The van der Waals surface area contributed by atoms with Crippen LogP contribution in [-0.2, 0) is 0 Å². The van der Waals surface area contributed by atoms with Crippen LogP contribution in [0, 0.1) is 11.3 Å². The van der Waals surface area contributed by atoms with E-state index in [4.69, 9.17) is 10.4 Å². The van der Waals surface area contributed by atoms with Gasteiger partial charge in [-0.15, -0.1) is 0 Å². The molecule has 0 aliphatic carbocycles. The predicted molar refractivity (Wildman–Crippen MR) is 42.6 cm³/mol. The van der Waals surface area contributed by atoms with Crippen LogP contribution in [0.1, 0.15) is 25.7 Å². The topological polar surface area (TPSA) is 64.3 Å². The van der Waals surface area contributed by atoms with Crippen LogP contribution in [0.4, 0.5) is 4.79 Å². The number of hydrogen-bond donors (Lipinski definition) is 1. The van der Waals surface area contributed by atoms with Gasteiger partial charge in [-0.25, -0.2) is 4.79 Å². The summed E-state index contributed by atoms with van der Waals surface area (Å²) >= 11 is 0. The molecule has 1 fully saturated rings. The molecular weight excluding hydrogens is 156 g/mol. The molecule has 1 aliphatic heterocycles. The molecule has 4 heteroatoms. The highest BCUT2D eigenvalue weighted by molar-refractivity contribution is 5.65. The predicted octanol–water partition coefficient (Wildman–Crippen LogP) is 1.43. The van der Waals surface area contributed by atoms with Crippen molar-refractivity contribution >= 4 is 6.09 Å². The van der Waals surface area contributed by atoms with Gasteiger partial charge in [-0.1, -0.05) is 0 Å². The average Bonchev–Trinajstić information content (AvgIpc) is 2.05. The molecule has 0 aromatic heterocycles. The summed E-state index contributed by atoms with van der Waals surface area (Å²) in [4.78, 5) is 12.0. The quantitative estimate of drug-likeness (QED) is 0.644. The van der Waals surface area contributed by atoms with Crippen molar-refractivity contribution in [2.45, 2.75) is 31.7 Å². The monoisotopic (exact) mass is 168 g/mol. The smallest absolute Gasteiger partial charge is 0.407 e. The maximum atomic E-state index is 10.7. The molecule has 0 radical (unpaired) electrons.